The topological polar surface area (TPSA) is 106 Å². The second-order valence-corrected chi connectivity index (χ2v) is 14.1. The number of morpholine rings is 1. The average Bonchev–Trinajstić information content (AvgIpc) is 2.74. The van der Waals surface area contributed by atoms with Crippen molar-refractivity contribution in [3.63, 3.8) is 0 Å². The molecule has 1 aliphatic heterocycles. The molecule has 1 fully saturated rings. The second kappa shape index (κ2) is 12.2. The molecule has 1 saturated heterocycles. The molecule has 2 atom stereocenters. The zero-order valence-electron chi connectivity index (χ0n) is 19.5. The number of aliphatic hydroxyl groups is 2. The van der Waals surface area contributed by atoms with Crippen LogP contribution in [0.3, 0.4) is 0 Å². The molecule has 0 spiro atoms. The van der Waals surface area contributed by atoms with Crippen LogP contribution in [0.5, 0.6) is 0 Å². The van der Waals surface area contributed by atoms with Gasteiger partial charge in [-0.3, -0.25) is 0 Å². The minimum Gasteiger partial charge on any atom is -0.411 e. The highest BCUT2D eigenvalue weighted by molar-refractivity contribution is 6.74. The van der Waals surface area contributed by atoms with E-state index in [0.29, 0.717) is 45.5 Å². The van der Waals surface area contributed by atoms with Gasteiger partial charge in [-0.2, -0.15) is 0 Å². The van der Waals surface area contributed by atoms with Gasteiger partial charge in [-0.05, 0) is 24.2 Å². The number of ether oxygens (including phenoxy) is 3. The number of aliphatic hydroxyl groups excluding tert-OH is 2. The maximum atomic E-state index is 9.22. The predicted molar refractivity (Wildman–Crippen MR) is 121 cm³/mol. The van der Waals surface area contributed by atoms with E-state index >= 15 is 0 Å². The van der Waals surface area contributed by atoms with Crippen LogP contribution in [0.2, 0.25) is 18.1 Å². The van der Waals surface area contributed by atoms with Gasteiger partial charge < -0.3 is 33.7 Å². The van der Waals surface area contributed by atoms with Crippen LogP contribution in [0.1, 0.15) is 26.5 Å². The first kappa shape index (κ1) is 26.1. The molecule has 0 aromatic carbocycles. The molecular formula is C21H39N3O6Si. The van der Waals surface area contributed by atoms with Crippen LogP contribution in [0, 0.1) is 0 Å². The Hall–Kier alpha value is -1.14. The molecular weight excluding hydrogens is 418 g/mol. The number of hydrogen-bond acceptors (Lipinski definition) is 9. The van der Waals surface area contributed by atoms with Gasteiger partial charge in [-0.25, -0.2) is 9.97 Å². The van der Waals surface area contributed by atoms with Crippen molar-refractivity contribution in [2.45, 2.75) is 57.7 Å². The Labute approximate surface area is 186 Å². The quantitative estimate of drug-likeness (QED) is 0.357. The maximum Gasteiger partial charge on any atom is 0.225 e. The molecule has 0 radical (unpaired) electrons. The number of nitrogens with zero attached hydrogens (tertiary/aromatic N) is 3. The number of hydrogen-bond donors (Lipinski definition) is 2. The molecule has 0 saturated carbocycles. The first-order valence-electron chi connectivity index (χ1n) is 10.9. The van der Waals surface area contributed by atoms with E-state index in [0.717, 1.165) is 12.2 Å². The van der Waals surface area contributed by atoms with E-state index in [1.807, 2.05) is 6.07 Å². The van der Waals surface area contributed by atoms with Crippen molar-refractivity contribution in [1.29, 1.82) is 0 Å². The summed E-state index contributed by atoms with van der Waals surface area (Å²) in [7, 11) is -1.84. The number of aromatic nitrogens is 2. The van der Waals surface area contributed by atoms with Crippen molar-refractivity contribution in [1.82, 2.24) is 9.97 Å². The highest BCUT2D eigenvalue weighted by Gasteiger charge is 2.37. The van der Waals surface area contributed by atoms with E-state index in [-0.39, 0.29) is 24.4 Å². The van der Waals surface area contributed by atoms with E-state index in [1.165, 1.54) is 0 Å². The molecule has 0 aliphatic carbocycles. The van der Waals surface area contributed by atoms with Gasteiger partial charge in [0.1, 0.15) is 6.10 Å². The molecule has 2 N–H and O–H groups in total. The third kappa shape index (κ3) is 8.72. The maximum absolute atomic E-state index is 9.22. The van der Waals surface area contributed by atoms with Crippen molar-refractivity contribution in [3.8, 4) is 0 Å². The van der Waals surface area contributed by atoms with Crippen molar-refractivity contribution < 1.29 is 28.8 Å². The highest BCUT2D eigenvalue weighted by atomic mass is 28.4. The SMILES string of the molecule is CC(C)(C)[Si](C)(C)OCc1ccnc(N2CCO[C@H](COCCOCC(O)CO)C2)n1. The first-order valence-corrected chi connectivity index (χ1v) is 13.8. The fourth-order valence-electron chi connectivity index (χ4n) is 2.69. The second-order valence-electron chi connectivity index (χ2n) is 9.32. The summed E-state index contributed by atoms with van der Waals surface area (Å²) in [5, 5.41) is 18.1. The summed E-state index contributed by atoms with van der Waals surface area (Å²) in [4.78, 5) is 11.3. The number of anilines is 1. The van der Waals surface area contributed by atoms with E-state index in [1.54, 1.807) is 6.20 Å². The Morgan fingerprint density at radius 1 is 1.29 bits per heavy atom. The van der Waals surface area contributed by atoms with Gasteiger partial charge in [-0.1, -0.05) is 20.8 Å². The zero-order valence-corrected chi connectivity index (χ0v) is 20.5. The van der Waals surface area contributed by atoms with Crippen molar-refractivity contribution in [2.24, 2.45) is 0 Å². The predicted octanol–water partition coefficient (Wildman–Crippen LogP) is 1.59. The van der Waals surface area contributed by atoms with E-state index in [4.69, 9.17) is 28.7 Å². The van der Waals surface area contributed by atoms with E-state index in [2.05, 4.69) is 43.7 Å². The van der Waals surface area contributed by atoms with Gasteiger partial charge in [0, 0.05) is 19.3 Å². The molecule has 31 heavy (non-hydrogen) atoms. The Morgan fingerprint density at radius 2 is 2.03 bits per heavy atom. The number of rotatable bonds is 12. The lowest BCUT2D eigenvalue weighted by Crippen LogP contribution is -2.45. The summed E-state index contributed by atoms with van der Waals surface area (Å²) in [6, 6.07) is 1.91. The minimum atomic E-state index is -1.84. The van der Waals surface area contributed by atoms with Gasteiger partial charge >= 0.3 is 0 Å². The molecule has 0 bridgehead atoms. The largest absolute Gasteiger partial charge is 0.411 e. The lowest BCUT2D eigenvalue weighted by atomic mass is 10.2. The molecule has 9 nitrogen and oxygen atoms in total. The van der Waals surface area contributed by atoms with Crippen LogP contribution in [0.4, 0.5) is 5.95 Å². The summed E-state index contributed by atoms with van der Waals surface area (Å²) in [5.74, 6) is 0.686. The smallest absolute Gasteiger partial charge is 0.225 e. The van der Waals surface area contributed by atoms with Gasteiger partial charge in [0.15, 0.2) is 8.32 Å². The molecule has 1 aromatic rings. The Balaban J connectivity index is 1.79. The molecule has 1 unspecified atom stereocenters. The van der Waals surface area contributed by atoms with Crippen molar-refractivity contribution >= 4 is 14.3 Å². The molecule has 178 valence electrons. The van der Waals surface area contributed by atoms with E-state index in [9.17, 15) is 5.11 Å². The molecule has 2 rings (SSSR count). The van der Waals surface area contributed by atoms with Gasteiger partial charge in [-0.15, -0.1) is 0 Å². The van der Waals surface area contributed by atoms with Crippen LogP contribution >= 0.6 is 0 Å². The zero-order chi connectivity index (χ0) is 22.9. The third-order valence-electron chi connectivity index (χ3n) is 5.71. The van der Waals surface area contributed by atoms with Crippen LogP contribution in [0.25, 0.3) is 0 Å². The molecule has 0 amide bonds. The Bertz CT molecular complexity index is 658. The standard InChI is InChI=1S/C21H39N3O6Si/c1-21(2,3)31(4,5)30-14-17-6-7-22-20(23-17)24-8-9-29-19(12-24)16-28-11-10-27-15-18(26)13-25/h6-7,18-19,25-26H,8-16H2,1-5H3/t18?,19-/m0/s1. The fraction of sp³-hybridized carbons (Fsp3) is 0.810. The van der Waals surface area contributed by atoms with Gasteiger partial charge in [0.05, 0.1) is 58.0 Å². The van der Waals surface area contributed by atoms with Crippen LogP contribution in [-0.4, -0.2) is 93.4 Å². The molecule has 2 heterocycles. The van der Waals surface area contributed by atoms with Crippen LogP contribution in [0.15, 0.2) is 12.3 Å². The van der Waals surface area contributed by atoms with E-state index < -0.39 is 14.4 Å². The van der Waals surface area contributed by atoms with Crippen LogP contribution in [-0.2, 0) is 25.2 Å². The summed E-state index contributed by atoms with van der Waals surface area (Å²) in [6.07, 6.45) is 0.858. The minimum absolute atomic E-state index is 0.0764. The highest BCUT2D eigenvalue weighted by Crippen LogP contribution is 2.37. The first-order chi connectivity index (χ1) is 14.6. The van der Waals surface area contributed by atoms with Crippen LogP contribution < -0.4 is 4.90 Å². The average molecular weight is 458 g/mol. The summed E-state index contributed by atoms with van der Waals surface area (Å²) in [6.45, 7) is 14.6. The summed E-state index contributed by atoms with van der Waals surface area (Å²) in [5.41, 5.74) is 0.885. The van der Waals surface area contributed by atoms with Crippen molar-refractivity contribution in [2.75, 3.05) is 57.6 Å². The summed E-state index contributed by atoms with van der Waals surface area (Å²) < 4.78 is 23.0. The van der Waals surface area contributed by atoms with Gasteiger partial charge in [0.25, 0.3) is 0 Å². The van der Waals surface area contributed by atoms with Crippen molar-refractivity contribution in [3.05, 3.63) is 18.0 Å². The normalized spacial score (nSPS) is 18.9. The summed E-state index contributed by atoms with van der Waals surface area (Å²) >= 11 is 0. The molecule has 1 aromatic heterocycles. The molecule has 10 heteroatoms. The lowest BCUT2D eigenvalue weighted by molar-refractivity contribution is -0.0481. The molecule has 1 aliphatic rings. The fourth-order valence-corrected chi connectivity index (χ4v) is 3.64. The third-order valence-corrected chi connectivity index (χ3v) is 10.2. The Kier molecular flexibility index (Phi) is 10.3. The lowest BCUT2D eigenvalue weighted by Gasteiger charge is -2.36. The monoisotopic (exact) mass is 457 g/mol. The van der Waals surface area contributed by atoms with Gasteiger partial charge in [0.2, 0.25) is 5.95 Å². The Morgan fingerprint density at radius 3 is 2.74 bits per heavy atom.